The normalized spacial score (nSPS) is 11.3. The van der Waals surface area contributed by atoms with Crippen LogP contribution >= 0.6 is 27.5 Å². The lowest BCUT2D eigenvalue weighted by Crippen LogP contribution is -1.91. The highest BCUT2D eigenvalue weighted by Crippen LogP contribution is 2.29. The van der Waals surface area contributed by atoms with E-state index < -0.39 is 6.43 Å². The van der Waals surface area contributed by atoms with Crippen molar-refractivity contribution in [1.82, 2.24) is 4.98 Å². The van der Waals surface area contributed by atoms with Gasteiger partial charge in [0.05, 0.1) is 10.5 Å². The average molecular weight is 293 g/mol. The molecule has 0 aliphatic rings. The quantitative estimate of drug-likeness (QED) is 0.749. The second-order valence-corrected chi connectivity index (χ2v) is 4.31. The Morgan fingerprint density at radius 3 is 2.67 bits per heavy atom. The zero-order valence-corrected chi connectivity index (χ0v) is 9.69. The lowest BCUT2D eigenvalue weighted by molar-refractivity contribution is 0.146. The van der Waals surface area contributed by atoms with Gasteiger partial charge in [-0.15, -0.1) is 0 Å². The molecular formula is C10H5BrClF2N. The Balaban J connectivity index is 2.73. The number of rotatable bonds is 1. The molecule has 1 nitrogen and oxygen atoms in total. The number of alkyl halides is 2. The Hall–Kier alpha value is -0.740. The van der Waals surface area contributed by atoms with Crippen molar-refractivity contribution < 1.29 is 8.78 Å². The number of aromatic nitrogens is 1. The van der Waals surface area contributed by atoms with Crippen LogP contribution < -0.4 is 0 Å². The zero-order chi connectivity index (χ0) is 11.0. The minimum atomic E-state index is -2.60. The molecule has 5 heteroatoms. The summed E-state index contributed by atoms with van der Waals surface area (Å²) >= 11 is 9.16. The van der Waals surface area contributed by atoms with E-state index in [9.17, 15) is 8.78 Å². The van der Waals surface area contributed by atoms with E-state index >= 15 is 0 Å². The first-order valence-electron chi connectivity index (χ1n) is 4.12. The molecule has 0 spiro atoms. The lowest BCUT2D eigenvalue weighted by atomic mass is 10.2. The smallest absolute Gasteiger partial charge is 0.247 e. The maximum absolute atomic E-state index is 12.4. The van der Waals surface area contributed by atoms with E-state index in [0.29, 0.717) is 10.9 Å². The van der Waals surface area contributed by atoms with Crippen molar-refractivity contribution in [3.8, 4) is 0 Å². The number of pyridine rings is 1. The molecule has 0 unspecified atom stereocenters. The van der Waals surface area contributed by atoms with Gasteiger partial charge >= 0.3 is 0 Å². The Labute approximate surface area is 98.2 Å². The second kappa shape index (κ2) is 4.02. The van der Waals surface area contributed by atoms with Gasteiger partial charge in [-0.3, -0.25) is 0 Å². The number of hydrogen-bond acceptors (Lipinski definition) is 1. The Bertz CT molecular complexity index is 516. The van der Waals surface area contributed by atoms with Crippen LogP contribution in [-0.2, 0) is 0 Å². The van der Waals surface area contributed by atoms with Crippen molar-refractivity contribution in [3.05, 3.63) is 39.5 Å². The summed E-state index contributed by atoms with van der Waals surface area (Å²) < 4.78 is 25.7. The van der Waals surface area contributed by atoms with Gasteiger partial charge in [0, 0.05) is 9.86 Å². The average Bonchev–Trinajstić information content (AvgIpc) is 2.18. The van der Waals surface area contributed by atoms with Gasteiger partial charge in [0.25, 0.3) is 6.43 Å². The molecule has 0 bridgehead atoms. The van der Waals surface area contributed by atoms with Crippen LogP contribution in [0.15, 0.2) is 28.7 Å². The molecule has 0 radical (unpaired) electrons. The highest BCUT2D eigenvalue weighted by Gasteiger charge is 2.12. The summed E-state index contributed by atoms with van der Waals surface area (Å²) in [7, 11) is 0. The fourth-order valence-electron chi connectivity index (χ4n) is 1.29. The van der Waals surface area contributed by atoms with Crippen LogP contribution in [-0.4, -0.2) is 4.98 Å². The Morgan fingerprint density at radius 1 is 1.27 bits per heavy atom. The Kier molecular flexibility index (Phi) is 2.89. The molecule has 15 heavy (non-hydrogen) atoms. The second-order valence-electron chi connectivity index (χ2n) is 2.99. The van der Waals surface area contributed by atoms with Crippen molar-refractivity contribution in [2.75, 3.05) is 0 Å². The van der Waals surface area contributed by atoms with Gasteiger partial charge in [-0.1, -0.05) is 27.5 Å². The van der Waals surface area contributed by atoms with Gasteiger partial charge in [-0.2, -0.15) is 0 Å². The number of hydrogen-bond donors (Lipinski definition) is 0. The van der Waals surface area contributed by atoms with E-state index in [1.807, 2.05) is 0 Å². The molecule has 1 heterocycles. The summed E-state index contributed by atoms with van der Waals surface area (Å²) in [4.78, 5) is 3.82. The van der Waals surface area contributed by atoms with Crippen molar-refractivity contribution >= 4 is 38.4 Å². The summed E-state index contributed by atoms with van der Waals surface area (Å²) in [5.41, 5.74) is 0.177. The molecule has 0 saturated heterocycles. The van der Waals surface area contributed by atoms with Gasteiger partial charge in [0.2, 0.25) is 0 Å². The van der Waals surface area contributed by atoms with E-state index in [0.717, 1.165) is 4.47 Å². The molecule has 2 rings (SSSR count). The summed E-state index contributed by atoms with van der Waals surface area (Å²) in [6.07, 6.45) is -2.60. The minimum absolute atomic E-state index is 0.289. The third kappa shape index (κ3) is 2.11. The molecular weight excluding hydrogens is 287 g/mol. The molecule has 0 aliphatic heterocycles. The van der Waals surface area contributed by atoms with E-state index in [1.54, 1.807) is 18.2 Å². The fourth-order valence-corrected chi connectivity index (χ4v) is 1.91. The van der Waals surface area contributed by atoms with Gasteiger partial charge < -0.3 is 0 Å². The van der Waals surface area contributed by atoms with Crippen LogP contribution in [0.3, 0.4) is 0 Å². The maximum Gasteiger partial charge on any atom is 0.280 e. The predicted molar refractivity (Wildman–Crippen MR) is 59.4 cm³/mol. The monoisotopic (exact) mass is 291 g/mol. The van der Waals surface area contributed by atoms with Crippen LogP contribution in [0.4, 0.5) is 8.78 Å². The first-order valence-corrected chi connectivity index (χ1v) is 5.29. The van der Waals surface area contributed by atoms with Crippen molar-refractivity contribution in [2.45, 2.75) is 6.43 Å². The third-order valence-electron chi connectivity index (χ3n) is 1.96. The van der Waals surface area contributed by atoms with Crippen molar-refractivity contribution in [2.24, 2.45) is 0 Å². The summed E-state index contributed by atoms with van der Waals surface area (Å²) in [6.45, 7) is 0. The van der Waals surface area contributed by atoms with Crippen LogP contribution in [0.2, 0.25) is 5.02 Å². The molecule has 0 aliphatic carbocycles. The summed E-state index contributed by atoms with van der Waals surface area (Å²) in [6, 6.07) is 6.33. The van der Waals surface area contributed by atoms with Gasteiger partial charge in [-0.05, 0) is 24.3 Å². The SMILES string of the molecule is FC(F)c1cc(Cl)c2cc(Br)ccc2n1. The van der Waals surface area contributed by atoms with E-state index in [2.05, 4.69) is 20.9 Å². The summed E-state index contributed by atoms with van der Waals surface area (Å²) in [5, 5.41) is 0.951. The molecule has 0 atom stereocenters. The van der Waals surface area contributed by atoms with Gasteiger partial charge in [-0.25, -0.2) is 13.8 Å². The fraction of sp³-hybridized carbons (Fsp3) is 0.100. The number of nitrogens with zero attached hydrogens (tertiary/aromatic N) is 1. The molecule has 0 fully saturated rings. The van der Waals surface area contributed by atoms with Crippen LogP contribution in [0.25, 0.3) is 10.9 Å². The molecule has 1 aromatic heterocycles. The minimum Gasteiger partial charge on any atom is -0.247 e. The van der Waals surface area contributed by atoms with Crippen molar-refractivity contribution in [1.29, 1.82) is 0 Å². The third-order valence-corrected chi connectivity index (χ3v) is 2.77. The first-order chi connectivity index (χ1) is 7.08. The standard InChI is InChI=1S/C10H5BrClF2N/c11-5-1-2-8-6(3-5)7(12)4-9(15-8)10(13)14/h1-4,10H. The van der Waals surface area contributed by atoms with E-state index in [4.69, 9.17) is 11.6 Å². The topological polar surface area (TPSA) is 12.9 Å². The van der Waals surface area contributed by atoms with Crippen LogP contribution in [0, 0.1) is 0 Å². The number of halogens is 4. The first kappa shape index (κ1) is 10.8. The maximum atomic E-state index is 12.4. The molecule has 0 amide bonds. The van der Waals surface area contributed by atoms with Crippen LogP contribution in [0.1, 0.15) is 12.1 Å². The lowest BCUT2D eigenvalue weighted by Gasteiger charge is -2.04. The molecule has 0 saturated carbocycles. The largest absolute Gasteiger partial charge is 0.280 e. The highest BCUT2D eigenvalue weighted by atomic mass is 79.9. The zero-order valence-electron chi connectivity index (χ0n) is 7.35. The number of fused-ring (bicyclic) bond motifs is 1. The van der Waals surface area contributed by atoms with Crippen LogP contribution in [0.5, 0.6) is 0 Å². The summed E-state index contributed by atoms with van der Waals surface area (Å²) in [5.74, 6) is 0. The Morgan fingerprint density at radius 2 is 2.00 bits per heavy atom. The number of benzene rings is 1. The van der Waals surface area contributed by atoms with Crippen molar-refractivity contribution in [3.63, 3.8) is 0 Å². The van der Waals surface area contributed by atoms with E-state index in [-0.39, 0.29) is 10.7 Å². The molecule has 2 aromatic rings. The molecule has 78 valence electrons. The van der Waals surface area contributed by atoms with E-state index in [1.165, 1.54) is 6.07 Å². The van der Waals surface area contributed by atoms with Gasteiger partial charge in [0.15, 0.2) is 0 Å². The molecule has 1 aromatic carbocycles. The van der Waals surface area contributed by atoms with Gasteiger partial charge in [0.1, 0.15) is 5.69 Å². The highest BCUT2D eigenvalue weighted by molar-refractivity contribution is 9.10. The predicted octanol–water partition coefficient (Wildman–Crippen LogP) is 4.59. The molecule has 0 N–H and O–H groups in total.